The number of alkyl halides is 2. The molecule has 6 N–H and O–H groups in total. The van der Waals surface area contributed by atoms with Crippen LogP contribution in [0.3, 0.4) is 0 Å². The molecule has 106 heavy (non-hydrogen) atoms. The minimum Gasteiger partial charge on any atom is -1.00 e. The van der Waals surface area contributed by atoms with E-state index in [4.69, 9.17) is 110 Å². The molecule has 570 valence electrons. The normalized spacial score (nSPS) is 9.42. The van der Waals surface area contributed by atoms with Crippen LogP contribution in [0, 0.1) is 31.1 Å². The van der Waals surface area contributed by atoms with Crippen molar-refractivity contribution in [1.29, 1.82) is 0 Å². The first-order chi connectivity index (χ1) is 47.8. The molecule has 0 aromatic carbocycles. The third-order valence-electron chi connectivity index (χ3n) is 10.1. The summed E-state index contributed by atoms with van der Waals surface area (Å²) in [6.45, 7) is 19.4. The maximum atomic E-state index is 12.1. The van der Waals surface area contributed by atoms with Crippen molar-refractivity contribution in [3.05, 3.63) is 182 Å². The van der Waals surface area contributed by atoms with Crippen molar-refractivity contribution < 1.29 is 253 Å². The average molecular weight is 2170 g/mol. The summed E-state index contributed by atoms with van der Waals surface area (Å²) in [7, 11) is 18.1. The number of carbonyl (C=O) groups excluding carboxylic acids is 3. The van der Waals surface area contributed by atoms with Gasteiger partial charge in [0.25, 0.3) is 12.2 Å². The van der Waals surface area contributed by atoms with Gasteiger partial charge in [-0.05, 0) is 93.2 Å². The Hall–Kier alpha value is 0.323. The number of hydroxylamine groups is 1. The fraction of sp³-hybridized carbons (Fsp3) is 0.368. The number of nitrogens with one attached hydrogen (secondary N) is 1. The molecule has 0 aliphatic rings. The second-order valence-corrected chi connectivity index (χ2v) is 28.1. The number of aliphatic hydroxyl groups excluding tert-OH is 1. The van der Waals surface area contributed by atoms with Crippen LogP contribution in [0.4, 0.5) is 26.2 Å². The Kier molecular flexibility index (Phi) is 84.0. The first-order valence-electron chi connectivity index (χ1n) is 28.7. The monoisotopic (exact) mass is 2160 g/mol. The fourth-order valence-electron chi connectivity index (χ4n) is 6.11. The summed E-state index contributed by atoms with van der Waals surface area (Å²) in [4.78, 5) is 113. The van der Waals surface area contributed by atoms with Gasteiger partial charge in [-0.1, -0.05) is 148 Å². The average Bonchev–Trinajstić information content (AvgIpc) is 1.63. The number of aliphatic hydroxyl groups is 1. The van der Waals surface area contributed by atoms with E-state index in [1.807, 2.05) is 13.0 Å². The maximum absolute atomic E-state index is 12.1. The predicted molar refractivity (Wildman–Crippen MR) is 411 cm³/mol. The quantitative estimate of drug-likeness (QED) is 0.0180. The number of rotatable bonds is 9. The molecule has 9 aromatic rings. The Bertz CT molecular complexity index is 3960. The van der Waals surface area contributed by atoms with Gasteiger partial charge in [0.05, 0.1) is 40.8 Å². The number of nitro groups is 2. The van der Waals surface area contributed by atoms with Gasteiger partial charge in [-0.3, -0.25) is 61.9 Å². The molecule has 0 aliphatic heterocycles. The van der Waals surface area contributed by atoms with Gasteiger partial charge in [-0.15, -0.1) is 17.4 Å². The number of nitrogens with two attached hydrogens (primary N) is 2. The second-order valence-electron chi connectivity index (χ2n) is 20.2. The first-order valence-corrected chi connectivity index (χ1v) is 39.4. The Morgan fingerprint density at radius 2 is 1.14 bits per heavy atom. The summed E-state index contributed by atoms with van der Waals surface area (Å²) in [6.07, 6.45) is 10.5. The first kappa shape index (κ1) is 122. The van der Waals surface area contributed by atoms with E-state index >= 15 is 0 Å². The van der Waals surface area contributed by atoms with Crippen LogP contribution < -0.4 is 225 Å². The molecule has 0 amide bonds. The molecule has 0 saturated heterocycles. The Balaban J connectivity index is -0.000000124. The van der Waals surface area contributed by atoms with Crippen molar-refractivity contribution in [2.75, 3.05) is 38.0 Å². The Labute approximate surface area is 847 Å². The number of nitrogen functional groups attached to an aromatic ring is 1. The van der Waals surface area contributed by atoms with Gasteiger partial charge >= 0.3 is 263 Å². The number of imidazole rings is 4. The molecule has 0 spiro atoms. The van der Waals surface area contributed by atoms with E-state index in [1.54, 1.807) is 87.6 Å². The molecule has 0 atom stereocenters. The molecule has 32 nitrogen and oxygen atoms in total. The smallest absolute Gasteiger partial charge is 1.00 e. The van der Waals surface area contributed by atoms with Gasteiger partial charge in [0.2, 0.25) is 5.15 Å². The zero-order valence-electron chi connectivity index (χ0n) is 62.9. The van der Waals surface area contributed by atoms with Crippen LogP contribution >= 0.6 is 132 Å². The molecular formula is C57H79Cl9Cs2FIN18Na2O14PSn+. The van der Waals surface area contributed by atoms with Gasteiger partial charge in [-0.25, -0.2) is 49.3 Å². The third-order valence-corrected chi connectivity index (χ3v) is 13.8. The van der Waals surface area contributed by atoms with Crippen molar-refractivity contribution in [1.82, 2.24) is 67.5 Å². The van der Waals surface area contributed by atoms with Crippen molar-refractivity contribution in [3.8, 4) is 0 Å². The van der Waals surface area contributed by atoms with Gasteiger partial charge in [-0.2, -0.15) is 0 Å². The number of aromatic nitrogens is 13. The van der Waals surface area contributed by atoms with Crippen molar-refractivity contribution in [2.45, 2.75) is 81.7 Å². The molecule has 2 radical (unpaired) electrons. The number of halogens is 11. The largest absolute Gasteiger partial charge is 1.00 e. The zero-order chi connectivity index (χ0) is 79.5. The standard InChI is InChI=1S/C12H16ClN3O.C7H6ClN3O.C7H7ClN2O2.C7H9ClN2.C7H6N4O.C5H2Cl2N2O2.C5H11I.C2H5NO3P.C2H6O.CH3F.CH5N.CH2O3.3ClH.2Cs.2Na.Sn.H/c1-12(2,3)7-16-8-5-6-9(13)14-10(8)15(4)11(16)17;1-11-6-4(9-7(11)12)2-3-5(8)10-6;1-2-5-6(10(11)12)3-4-7(8)9-5;1-2-6-5(9)3-4-7(8)10-6;12-7(10-3-1-8-5-10)11-4-2-9-6-11;6-4-2-1-3(9(10)11)5(7)8-4;1-5(2,3)4-6;1-3(7)6-5-2-4;1-2-3;2*1-2;2-1-4-3;;;;;;;;;/h5-6H,7H2,1-4H3;2-3H,1H3,(H,9,12);3-4H,2H2,1H3;3-4H,2,9H2,1H3;1-6H;1-2H;4H2,1-3H3;2,7H,1H3;3H,2H2,1H3;1H3;2H2,1H3;1,3H;3*1H;;;;;;/q;;;;;;;-1;;;;;;;;4*+1;+2;-1/p-3/i;;;;;;;;;1D;;;;;;;;;;;. The number of aryl methyl sites for hydroxylation is 4. The molecule has 9 aromatic heterocycles. The number of carbonyl (C=O) groups is 3. The van der Waals surface area contributed by atoms with Crippen molar-refractivity contribution in [2.24, 2.45) is 30.7 Å². The van der Waals surface area contributed by atoms with E-state index in [0.29, 0.717) is 62.0 Å². The third kappa shape index (κ3) is 56.6. The van der Waals surface area contributed by atoms with Crippen molar-refractivity contribution >= 4 is 209 Å². The maximum Gasteiger partial charge on any atom is 1.00 e. The summed E-state index contributed by atoms with van der Waals surface area (Å²) < 4.78 is 24.2. The molecule has 0 fully saturated rings. The molecule has 0 unspecified atom stereocenters. The molecular weight excluding hydrogens is 2090 g/mol. The van der Waals surface area contributed by atoms with Crippen LogP contribution in [-0.4, -0.2) is 153 Å². The van der Waals surface area contributed by atoms with Gasteiger partial charge in [0.1, 0.15) is 44.1 Å². The summed E-state index contributed by atoms with van der Waals surface area (Å²) in [5.74, 6) is 0. The zero-order valence-corrected chi connectivity index (χ0v) is 90.4. The molecule has 9 rings (SSSR count). The Morgan fingerprint density at radius 3 is 1.49 bits per heavy atom. The van der Waals surface area contributed by atoms with E-state index in [1.165, 1.54) is 73.7 Å². The number of hydrogen-bond donors (Lipinski definition) is 4. The molecule has 0 bridgehead atoms. The van der Waals surface area contributed by atoms with E-state index in [0.717, 1.165) is 22.5 Å². The summed E-state index contributed by atoms with van der Waals surface area (Å²) in [5.41, 5.74) is 14.9. The number of anilines is 1. The molecule has 49 heteroatoms. The van der Waals surface area contributed by atoms with Crippen LogP contribution in [0.2, 0.25) is 30.9 Å². The predicted octanol–water partition coefficient (Wildman–Crippen LogP) is 0.933. The number of H-pyrrole nitrogens is 1. The minimum atomic E-state index is -1.00. The number of fused-ring (bicyclic) bond motifs is 2. The second kappa shape index (κ2) is 73.0. The fourth-order valence-corrected chi connectivity index (χ4v) is 7.19. The minimum absolute atomic E-state index is 0. The molecule has 0 aliphatic carbocycles. The van der Waals surface area contributed by atoms with Gasteiger partial charge < -0.3 is 47.4 Å². The summed E-state index contributed by atoms with van der Waals surface area (Å²) in [6, 6.07) is 15.5. The van der Waals surface area contributed by atoms with Crippen LogP contribution in [-0.2, 0) is 57.8 Å². The summed E-state index contributed by atoms with van der Waals surface area (Å²) >= 11 is 35.1. The van der Waals surface area contributed by atoms with E-state index in [-0.39, 0.29) is 280 Å². The molecule has 0 saturated carbocycles. The number of aromatic amines is 1. The van der Waals surface area contributed by atoms with Gasteiger partial charge in [0.15, 0.2) is 11.3 Å². The topological polar surface area (TPSA) is 429 Å². The number of nitrogens with zero attached hydrogens (tertiary/aromatic N) is 15. The van der Waals surface area contributed by atoms with Crippen LogP contribution in [0.15, 0.2) is 108 Å². The number of hydrogen-bond acceptors (Lipinski definition) is 24. The summed E-state index contributed by atoms with van der Waals surface area (Å²) in [5, 5.41) is 38.1. The van der Waals surface area contributed by atoms with E-state index in [9.17, 15) is 43.8 Å². The SMILES string of the molecule is CC(C)(C)CI.CCO.CCc1nc(Cl)ccc1N.CCc1nc(Cl)ccc1[N+](=O)[O-].CN.CN([PH-])OOC=O.Cl.Cn1c(=O)[nH]c2ccc(Cl)nc21.Cn1c(=O)n(CC(C)(C)C)c2ccc(Cl)nc21.O=C(n1ccnc1)n1ccnc1.O=CO[O-].O=[N+]([O-])c1ccc(Cl)nc1Cl.[2H]CF.[Cl][Sn][Cl].[Cs+].[Cs+].[H-].[Na+].[Na+]. The van der Waals surface area contributed by atoms with Crippen LogP contribution in [0.5, 0.6) is 0 Å². The van der Waals surface area contributed by atoms with E-state index < -0.39 is 35.9 Å². The number of pyridine rings is 5. The van der Waals surface area contributed by atoms with E-state index in [2.05, 4.69) is 134 Å². The molecule has 9 heterocycles. The van der Waals surface area contributed by atoms with Crippen LogP contribution in [0.1, 0.15) is 76.5 Å². The van der Waals surface area contributed by atoms with Gasteiger partial charge in [0, 0.05) is 68.6 Å². The van der Waals surface area contributed by atoms with Crippen LogP contribution in [0.25, 0.3) is 22.3 Å². The van der Waals surface area contributed by atoms with Crippen molar-refractivity contribution in [3.63, 3.8) is 0 Å². The Morgan fingerprint density at radius 1 is 0.755 bits per heavy atom.